The molecule has 3 aliphatic rings. The van der Waals surface area contributed by atoms with Gasteiger partial charge in [-0.25, -0.2) is 4.39 Å². The van der Waals surface area contributed by atoms with Crippen LogP contribution in [0.25, 0.3) is 5.76 Å². The first-order valence-electron chi connectivity index (χ1n) is 12.2. The molecule has 3 aliphatic heterocycles. The number of aliphatic hydroxyl groups is 1. The summed E-state index contributed by atoms with van der Waals surface area (Å²) in [6.45, 7) is 5.80. The van der Waals surface area contributed by atoms with Gasteiger partial charge in [0, 0.05) is 43.9 Å². The predicted molar refractivity (Wildman–Crippen MR) is 131 cm³/mol. The van der Waals surface area contributed by atoms with Gasteiger partial charge in [-0.15, -0.1) is 0 Å². The van der Waals surface area contributed by atoms with Gasteiger partial charge in [-0.3, -0.25) is 19.3 Å². The highest BCUT2D eigenvalue weighted by molar-refractivity contribution is 6.50. The second-order valence-corrected chi connectivity index (χ2v) is 9.10. The number of carbonyl (C=O) groups is 3. The third kappa shape index (κ3) is 3.61. The van der Waals surface area contributed by atoms with Crippen molar-refractivity contribution in [3.05, 3.63) is 71.0 Å². The molecule has 0 aliphatic carbocycles. The number of Topliss-reactive ketones (excluding diaryl/α,β-unsaturated/α-hetero) is 1. The fourth-order valence-electron chi connectivity index (χ4n) is 5.51. The first-order valence-corrected chi connectivity index (χ1v) is 12.2. The van der Waals surface area contributed by atoms with Crippen LogP contribution in [0.4, 0.5) is 10.1 Å². The molecule has 0 unspecified atom stereocenters. The van der Waals surface area contributed by atoms with Crippen molar-refractivity contribution in [2.45, 2.75) is 18.9 Å². The van der Waals surface area contributed by atoms with Gasteiger partial charge in [0.1, 0.15) is 11.6 Å². The van der Waals surface area contributed by atoms with Crippen molar-refractivity contribution >= 4 is 29.0 Å². The standard InChI is InChI=1S/C27H28FN3O5/c1-2-30-21-7-4-3-6-20(21)27(26(30)35)22(23(32)18-8-10-19(28)11-9-18)24(33)25(34)31(27)13-5-12-29-14-16-36-17-15-29/h3-4,6-11,32H,2,5,12-17H2,1H3/t27-/m1/s1. The molecule has 36 heavy (non-hydrogen) atoms. The van der Waals surface area contributed by atoms with Crippen LogP contribution in [0.3, 0.4) is 0 Å². The molecule has 2 amide bonds. The highest BCUT2D eigenvalue weighted by atomic mass is 19.1. The third-order valence-electron chi connectivity index (χ3n) is 7.20. The van der Waals surface area contributed by atoms with Crippen molar-refractivity contribution in [2.24, 2.45) is 0 Å². The van der Waals surface area contributed by atoms with E-state index < -0.39 is 34.7 Å². The monoisotopic (exact) mass is 493 g/mol. The van der Waals surface area contributed by atoms with Crippen molar-refractivity contribution in [2.75, 3.05) is 50.8 Å². The van der Waals surface area contributed by atoms with Crippen molar-refractivity contribution in [1.82, 2.24) is 9.80 Å². The summed E-state index contributed by atoms with van der Waals surface area (Å²) in [5, 5.41) is 11.3. The number of nitrogens with zero attached hydrogens (tertiary/aromatic N) is 3. The molecule has 0 bridgehead atoms. The van der Waals surface area contributed by atoms with Crippen molar-refractivity contribution in [3.63, 3.8) is 0 Å². The van der Waals surface area contributed by atoms with Gasteiger partial charge < -0.3 is 19.6 Å². The molecule has 2 fully saturated rings. The fraction of sp³-hybridized carbons (Fsp3) is 0.370. The third-order valence-corrected chi connectivity index (χ3v) is 7.20. The van der Waals surface area contributed by atoms with E-state index in [1.807, 2.05) is 6.92 Å². The Bertz CT molecular complexity index is 1240. The minimum absolute atomic E-state index is 0.153. The van der Waals surface area contributed by atoms with Crippen LogP contribution in [0.2, 0.25) is 0 Å². The number of aliphatic hydroxyl groups excluding tert-OH is 1. The maximum absolute atomic E-state index is 14.1. The van der Waals surface area contributed by atoms with E-state index >= 15 is 0 Å². The molecular weight excluding hydrogens is 465 g/mol. The molecule has 8 nitrogen and oxygen atoms in total. The first-order chi connectivity index (χ1) is 17.4. The summed E-state index contributed by atoms with van der Waals surface area (Å²) >= 11 is 0. The number of likely N-dealkylation sites (tertiary alicyclic amines) is 1. The van der Waals surface area contributed by atoms with Crippen LogP contribution in [0.1, 0.15) is 24.5 Å². The Balaban J connectivity index is 1.64. The second-order valence-electron chi connectivity index (χ2n) is 9.10. The molecule has 0 saturated carbocycles. The van der Waals surface area contributed by atoms with E-state index in [0.29, 0.717) is 44.0 Å². The number of para-hydroxylation sites is 1. The number of hydrogen-bond donors (Lipinski definition) is 1. The van der Waals surface area contributed by atoms with E-state index in [4.69, 9.17) is 4.74 Å². The summed E-state index contributed by atoms with van der Waals surface area (Å²) in [5.41, 5.74) is -0.841. The highest BCUT2D eigenvalue weighted by Gasteiger charge is 2.66. The molecule has 1 atom stereocenters. The number of morpholine rings is 1. The number of ether oxygens (including phenoxy) is 1. The number of benzene rings is 2. The topological polar surface area (TPSA) is 90.4 Å². The van der Waals surface area contributed by atoms with Crippen LogP contribution in [0, 0.1) is 5.82 Å². The van der Waals surface area contributed by atoms with Crippen molar-refractivity contribution in [3.8, 4) is 0 Å². The van der Waals surface area contributed by atoms with Crippen molar-refractivity contribution < 1.29 is 28.6 Å². The molecule has 1 spiro atoms. The lowest BCUT2D eigenvalue weighted by Crippen LogP contribution is -2.52. The summed E-state index contributed by atoms with van der Waals surface area (Å²) in [7, 11) is 0. The van der Waals surface area contributed by atoms with Gasteiger partial charge in [0.2, 0.25) is 0 Å². The first kappa shape index (κ1) is 24.1. The molecule has 3 heterocycles. The van der Waals surface area contributed by atoms with Crippen LogP contribution >= 0.6 is 0 Å². The summed E-state index contributed by atoms with van der Waals surface area (Å²) in [6, 6.07) is 12.0. The quantitative estimate of drug-likeness (QED) is 0.378. The number of fused-ring (bicyclic) bond motifs is 2. The van der Waals surface area contributed by atoms with Gasteiger partial charge in [-0.05, 0) is 43.7 Å². The molecular formula is C27H28FN3O5. The minimum atomic E-state index is -1.79. The Morgan fingerprint density at radius 3 is 2.42 bits per heavy atom. The lowest BCUT2D eigenvalue weighted by Gasteiger charge is -2.35. The molecule has 2 saturated heterocycles. The average Bonchev–Trinajstić information content (AvgIpc) is 3.27. The molecule has 0 aromatic heterocycles. The zero-order valence-corrected chi connectivity index (χ0v) is 20.1. The summed E-state index contributed by atoms with van der Waals surface area (Å²) in [6.07, 6.45) is 0.535. The normalized spacial score (nSPS) is 23.7. The van der Waals surface area contributed by atoms with E-state index in [2.05, 4.69) is 4.90 Å². The average molecular weight is 494 g/mol. The zero-order valence-electron chi connectivity index (χ0n) is 20.1. The van der Waals surface area contributed by atoms with Gasteiger partial charge in [0.15, 0.2) is 5.54 Å². The van der Waals surface area contributed by atoms with E-state index in [-0.39, 0.29) is 17.7 Å². The predicted octanol–water partition coefficient (Wildman–Crippen LogP) is 2.49. The number of rotatable bonds is 6. The Morgan fingerprint density at radius 2 is 1.72 bits per heavy atom. The van der Waals surface area contributed by atoms with Crippen LogP contribution in [0.15, 0.2) is 54.1 Å². The Hall–Kier alpha value is -3.56. The van der Waals surface area contributed by atoms with Crippen molar-refractivity contribution in [1.29, 1.82) is 0 Å². The number of carbonyl (C=O) groups excluding carboxylic acids is 3. The van der Waals surface area contributed by atoms with Crippen LogP contribution < -0.4 is 4.90 Å². The molecule has 2 aromatic rings. The zero-order chi connectivity index (χ0) is 25.4. The summed E-state index contributed by atoms with van der Waals surface area (Å²) < 4.78 is 19.0. The summed E-state index contributed by atoms with van der Waals surface area (Å²) in [4.78, 5) is 46.2. The van der Waals surface area contributed by atoms with Gasteiger partial charge in [-0.1, -0.05) is 18.2 Å². The molecule has 188 valence electrons. The van der Waals surface area contributed by atoms with E-state index in [9.17, 15) is 23.9 Å². The largest absolute Gasteiger partial charge is 0.507 e. The molecule has 0 radical (unpaired) electrons. The van der Waals surface area contributed by atoms with E-state index in [1.54, 1.807) is 24.3 Å². The van der Waals surface area contributed by atoms with Gasteiger partial charge in [0.25, 0.3) is 17.6 Å². The molecule has 9 heteroatoms. The number of ketones is 1. The highest BCUT2D eigenvalue weighted by Crippen LogP contribution is 2.53. The lowest BCUT2D eigenvalue weighted by molar-refractivity contribution is -0.143. The number of amides is 2. The maximum atomic E-state index is 14.1. The van der Waals surface area contributed by atoms with Crippen LogP contribution in [0.5, 0.6) is 0 Å². The smallest absolute Gasteiger partial charge is 0.296 e. The van der Waals surface area contributed by atoms with E-state index in [0.717, 1.165) is 25.2 Å². The molecule has 1 N–H and O–H groups in total. The Kier molecular flexibility index (Phi) is 6.36. The van der Waals surface area contributed by atoms with Gasteiger partial charge >= 0.3 is 0 Å². The summed E-state index contributed by atoms with van der Waals surface area (Å²) in [5.74, 6) is -3.22. The SMILES string of the molecule is CCN1C(=O)[C@]2(C(=C(O)c3ccc(F)cc3)C(=O)C(=O)N2CCCN2CCOCC2)c2ccccc21. The number of hydrogen-bond acceptors (Lipinski definition) is 6. The number of anilines is 1. The van der Waals surface area contributed by atoms with Gasteiger partial charge in [-0.2, -0.15) is 0 Å². The van der Waals surface area contributed by atoms with E-state index in [1.165, 1.54) is 21.9 Å². The Labute approximate surface area is 208 Å². The molecule has 5 rings (SSSR count). The number of halogens is 1. The van der Waals surface area contributed by atoms with Crippen LogP contribution in [-0.2, 0) is 24.7 Å². The van der Waals surface area contributed by atoms with Gasteiger partial charge in [0.05, 0.1) is 24.5 Å². The van der Waals surface area contributed by atoms with Crippen LogP contribution in [-0.4, -0.2) is 78.4 Å². The maximum Gasteiger partial charge on any atom is 0.296 e. The number of likely N-dealkylation sites (N-methyl/N-ethyl adjacent to an activating group) is 1. The molecule has 2 aromatic carbocycles. The minimum Gasteiger partial charge on any atom is -0.507 e. The fourth-order valence-corrected chi connectivity index (χ4v) is 5.51. The lowest BCUT2D eigenvalue weighted by atomic mass is 9.82. The second kappa shape index (κ2) is 9.48. The Morgan fingerprint density at radius 1 is 1.03 bits per heavy atom.